The number of nitrogens with one attached hydrogen (secondary N) is 1. The number of aromatic nitrogens is 4. The molecule has 20 heavy (non-hydrogen) atoms. The molecule has 0 saturated carbocycles. The van der Waals surface area contributed by atoms with Gasteiger partial charge in [0.15, 0.2) is 0 Å². The number of hydrogen-bond donors (Lipinski definition) is 1. The highest BCUT2D eigenvalue weighted by molar-refractivity contribution is 5.46. The Bertz CT molecular complexity index is 664. The molecule has 0 fully saturated rings. The minimum absolute atomic E-state index is 0.203. The minimum atomic E-state index is 0.203. The molecule has 0 aliphatic heterocycles. The van der Waals surface area contributed by atoms with Gasteiger partial charge in [-0.1, -0.05) is 30.3 Å². The van der Waals surface area contributed by atoms with Crippen LogP contribution in [-0.2, 0) is 0 Å². The van der Waals surface area contributed by atoms with Crippen LogP contribution < -0.4 is 5.32 Å². The van der Waals surface area contributed by atoms with Gasteiger partial charge in [-0.05, 0) is 47.2 Å². The fourth-order valence-electron chi connectivity index (χ4n) is 2.08. The van der Waals surface area contributed by atoms with E-state index in [4.69, 9.17) is 0 Å². The topological polar surface area (TPSA) is 55.6 Å². The standard InChI is InChI=1S/C15H15N5/c1-12(17-14-7-3-2-4-8-14)13-6-5-9-15(10-13)20-11-16-18-19-20/h2-12,17H,1H3. The summed E-state index contributed by atoms with van der Waals surface area (Å²) in [7, 11) is 0. The fourth-order valence-corrected chi connectivity index (χ4v) is 2.08. The first-order valence-electron chi connectivity index (χ1n) is 6.48. The van der Waals surface area contributed by atoms with Crippen LogP contribution in [-0.4, -0.2) is 20.2 Å². The molecular weight excluding hydrogens is 250 g/mol. The number of para-hydroxylation sites is 1. The van der Waals surface area contributed by atoms with Crippen molar-refractivity contribution < 1.29 is 0 Å². The lowest BCUT2D eigenvalue weighted by Crippen LogP contribution is -2.07. The van der Waals surface area contributed by atoms with Crippen molar-refractivity contribution in [2.75, 3.05) is 5.32 Å². The van der Waals surface area contributed by atoms with E-state index in [0.29, 0.717) is 0 Å². The van der Waals surface area contributed by atoms with Crippen LogP contribution in [0, 0.1) is 0 Å². The molecular formula is C15H15N5. The number of nitrogens with zero attached hydrogens (tertiary/aromatic N) is 4. The van der Waals surface area contributed by atoms with E-state index in [1.165, 1.54) is 5.56 Å². The summed E-state index contributed by atoms with van der Waals surface area (Å²) in [5.41, 5.74) is 3.24. The SMILES string of the molecule is CC(Nc1ccccc1)c1cccc(-n2cnnn2)c1. The molecule has 1 heterocycles. The van der Waals surface area contributed by atoms with Crippen LogP contribution >= 0.6 is 0 Å². The third-order valence-electron chi connectivity index (χ3n) is 3.14. The molecule has 0 spiro atoms. The Hall–Kier alpha value is -2.69. The monoisotopic (exact) mass is 265 g/mol. The average Bonchev–Trinajstić information content (AvgIpc) is 3.03. The molecule has 0 saturated heterocycles. The Kier molecular flexibility index (Phi) is 3.41. The van der Waals surface area contributed by atoms with Crippen molar-refractivity contribution in [2.24, 2.45) is 0 Å². The second-order valence-electron chi connectivity index (χ2n) is 4.58. The van der Waals surface area contributed by atoms with Gasteiger partial charge < -0.3 is 5.32 Å². The van der Waals surface area contributed by atoms with Crippen LogP contribution in [0.1, 0.15) is 18.5 Å². The second-order valence-corrected chi connectivity index (χ2v) is 4.58. The highest BCUT2D eigenvalue weighted by Crippen LogP contribution is 2.20. The summed E-state index contributed by atoms with van der Waals surface area (Å²) in [5, 5.41) is 14.7. The summed E-state index contributed by atoms with van der Waals surface area (Å²) < 4.78 is 1.65. The third kappa shape index (κ3) is 2.66. The van der Waals surface area contributed by atoms with Crippen molar-refractivity contribution in [2.45, 2.75) is 13.0 Å². The van der Waals surface area contributed by atoms with Gasteiger partial charge in [-0.3, -0.25) is 0 Å². The Balaban J connectivity index is 1.82. The molecule has 0 aliphatic rings. The van der Waals surface area contributed by atoms with Crippen LogP contribution in [0.4, 0.5) is 5.69 Å². The van der Waals surface area contributed by atoms with Gasteiger partial charge in [0.2, 0.25) is 0 Å². The van der Waals surface area contributed by atoms with Crippen LogP contribution in [0.15, 0.2) is 60.9 Å². The van der Waals surface area contributed by atoms with Gasteiger partial charge in [0.05, 0.1) is 5.69 Å². The van der Waals surface area contributed by atoms with Crippen LogP contribution in [0.5, 0.6) is 0 Å². The molecule has 3 aromatic rings. The molecule has 1 N–H and O–H groups in total. The largest absolute Gasteiger partial charge is 0.379 e. The molecule has 1 atom stereocenters. The van der Waals surface area contributed by atoms with Crippen molar-refractivity contribution in [3.05, 3.63) is 66.5 Å². The maximum atomic E-state index is 3.91. The van der Waals surface area contributed by atoms with E-state index < -0.39 is 0 Å². The average molecular weight is 265 g/mol. The minimum Gasteiger partial charge on any atom is -0.379 e. The van der Waals surface area contributed by atoms with Crippen LogP contribution in [0.25, 0.3) is 5.69 Å². The first-order valence-corrected chi connectivity index (χ1v) is 6.48. The summed E-state index contributed by atoms with van der Waals surface area (Å²) in [6.45, 7) is 2.13. The van der Waals surface area contributed by atoms with Gasteiger partial charge in [0, 0.05) is 11.7 Å². The lowest BCUT2D eigenvalue weighted by Gasteiger charge is -2.16. The lowest BCUT2D eigenvalue weighted by atomic mass is 10.1. The molecule has 1 aromatic heterocycles. The summed E-state index contributed by atoms with van der Waals surface area (Å²) in [6, 6.07) is 18.5. The first kappa shape index (κ1) is 12.3. The maximum Gasteiger partial charge on any atom is 0.143 e. The van der Waals surface area contributed by atoms with E-state index in [1.54, 1.807) is 11.0 Å². The van der Waals surface area contributed by atoms with Crippen molar-refractivity contribution >= 4 is 5.69 Å². The quantitative estimate of drug-likeness (QED) is 0.788. The van der Waals surface area contributed by atoms with Crippen molar-refractivity contribution in [3.63, 3.8) is 0 Å². The second kappa shape index (κ2) is 5.52. The zero-order valence-electron chi connectivity index (χ0n) is 11.1. The highest BCUT2D eigenvalue weighted by Gasteiger charge is 2.07. The molecule has 0 radical (unpaired) electrons. The van der Waals surface area contributed by atoms with E-state index in [0.717, 1.165) is 11.4 Å². The van der Waals surface area contributed by atoms with E-state index in [-0.39, 0.29) is 6.04 Å². The summed E-state index contributed by atoms with van der Waals surface area (Å²) >= 11 is 0. The Morgan fingerprint density at radius 2 is 1.90 bits per heavy atom. The van der Waals surface area contributed by atoms with Crippen molar-refractivity contribution in [1.82, 2.24) is 20.2 Å². The summed E-state index contributed by atoms with van der Waals surface area (Å²) in [4.78, 5) is 0. The molecule has 2 aromatic carbocycles. The van der Waals surface area contributed by atoms with Crippen LogP contribution in [0.3, 0.4) is 0 Å². The van der Waals surface area contributed by atoms with E-state index >= 15 is 0 Å². The van der Waals surface area contributed by atoms with Gasteiger partial charge in [0.25, 0.3) is 0 Å². The first-order chi connectivity index (χ1) is 9.83. The van der Waals surface area contributed by atoms with Crippen molar-refractivity contribution in [3.8, 4) is 5.69 Å². The van der Waals surface area contributed by atoms with Gasteiger partial charge in [-0.25, -0.2) is 4.68 Å². The lowest BCUT2D eigenvalue weighted by molar-refractivity contribution is 0.785. The Morgan fingerprint density at radius 1 is 1.05 bits per heavy atom. The van der Waals surface area contributed by atoms with Gasteiger partial charge in [-0.2, -0.15) is 0 Å². The molecule has 1 unspecified atom stereocenters. The number of anilines is 1. The number of tetrazole rings is 1. The molecule has 0 bridgehead atoms. The number of benzene rings is 2. The van der Waals surface area contributed by atoms with E-state index in [1.807, 2.05) is 30.3 Å². The zero-order chi connectivity index (χ0) is 13.8. The fraction of sp³-hybridized carbons (Fsp3) is 0.133. The maximum absolute atomic E-state index is 3.91. The van der Waals surface area contributed by atoms with E-state index in [9.17, 15) is 0 Å². The normalized spacial score (nSPS) is 12.1. The summed E-state index contributed by atoms with van der Waals surface area (Å²) in [6.07, 6.45) is 1.59. The van der Waals surface area contributed by atoms with Gasteiger partial charge in [-0.15, -0.1) is 5.10 Å². The molecule has 5 heteroatoms. The number of rotatable bonds is 4. The van der Waals surface area contributed by atoms with Gasteiger partial charge in [0.1, 0.15) is 6.33 Å². The molecule has 100 valence electrons. The predicted octanol–water partition coefficient (Wildman–Crippen LogP) is 2.84. The zero-order valence-corrected chi connectivity index (χ0v) is 11.1. The summed E-state index contributed by atoms with van der Waals surface area (Å²) in [5.74, 6) is 0. The molecule has 3 rings (SSSR count). The van der Waals surface area contributed by atoms with E-state index in [2.05, 4.69) is 52.0 Å². The smallest absolute Gasteiger partial charge is 0.143 e. The molecule has 0 aliphatic carbocycles. The molecule has 5 nitrogen and oxygen atoms in total. The van der Waals surface area contributed by atoms with Gasteiger partial charge >= 0.3 is 0 Å². The van der Waals surface area contributed by atoms with Crippen molar-refractivity contribution in [1.29, 1.82) is 0 Å². The Labute approximate surface area is 117 Å². The molecule has 0 amide bonds. The van der Waals surface area contributed by atoms with Crippen LogP contribution in [0.2, 0.25) is 0 Å². The predicted molar refractivity (Wildman–Crippen MR) is 77.6 cm³/mol. The number of hydrogen-bond acceptors (Lipinski definition) is 4. The third-order valence-corrected chi connectivity index (χ3v) is 3.14. The highest BCUT2D eigenvalue weighted by atomic mass is 15.5. The Morgan fingerprint density at radius 3 is 2.65 bits per heavy atom.